The van der Waals surface area contributed by atoms with Crippen molar-refractivity contribution in [1.82, 2.24) is 29.6 Å². The van der Waals surface area contributed by atoms with Crippen LogP contribution in [0, 0.1) is 0 Å². The summed E-state index contributed by atoms with van der Waals surface area (Å²) < 4.78 is 1.46. The largest absolute Gasteiger partial charge is 0.368 e. The van der Waals surface area contributed by atoms with E-state index in [0.717, 1.165) is 54.6 Å². The summed E-state index contributed by atoms with van der Waals surface area (Å²) in [6.45, 7) is 1.80. The van der Waals surface area contributed by atoms with Crippen LogP contribution in [0.15, 0.2) is 54.7 Å². The molecule has 2 aromatic heterocycles. The highest BCUT2D eigenvalue weighted by molar-refractivity contribution is 5.76. The first kappa shape index (κ1) is 19.9. The van der Waals surface area contributed by atoms with Gasteiger partial charge in [0.05, 0.1) is 17.2 Å². The minimum atomic E-state index is 0.217. The first-order valence-corrected chi connectivity index (χ1v) is 10.7. The summed E-state index contributed by atoms with van der Waals surface area (Å²) in [5.74, 6) is 1.33. The van der Waals surface area contributed by atoms with E-state index in [1.54, 1.807) is 6.20 Å². The van der Waals surface area contributed by atoms with Crippen molar-refractivity contribution in [2.75, 3.05) is 24.1 Å². The Balaban J connectivity index is 1.24. The van der Waals surface area contributed by atoms with E-state index in [1.807, 2.05) is 53.4 Å². The first-order chi connectivity index (χ1) is 15.7. The van der Waals surface area contributed by atoms with Gasteiger partial charge in [-0.2, -0.15) is 9.67 Å². The molecule has 162 valence electrons. The summed E-state index contributed by atoms with van der Waals surface area (Å²) in [4.78, 5) is 27.4. The van der Waals surface area contributed by atoms with Gasteiger partial charge in [0.25, 0.3) is 0 Å². The molecule has 9 nitrogen and oxygen atoms in total. The van der Waals surface area contributed by atoms with Crippen LogP contribution in [0.2, 0.25) is 0 Å². The molecule has 0 bridgehead atoms. The van der Waals surface area contributed by atoms with E-state index in [2.05, 4.69) is 25.4 Å². The zero-order valence-electron chi connectivity index (χ0n) is 17.6. The van der Waals surface area contributed by atoms with E-state index in [0.29, 0.717) is 18.2 Å². The second kappa shape index (κ2) is 8.62. The third-order valence-corrected chi connectivity index (χ3v) is 5.58. The standard InChI is InChI=1S/C23H24N8O/c24-22-28-23(29-31(22)20-15-25-18-5-1-2-6-19(18)27-20)26-17-10-7-16(8-11-17)9-12-21(32)30-13-3-4-14-30/h1-2,5-8,10-11,15H,3-4,9,12-14H2,(H3,24,26,28,29). The van der Waals surface area contributed by atoms with E-state index in [4.69, 9.17) is 5.73 Å². The lowest BCUT2D eigenvalue weighted by atomic mass is 10.1. The number of rotatable bonds is 6. The van der Waals surface area contributed by atoms with Crippen LogP contribution in [-0.4, -0.2) is 48.6 Å². The van der Waals surface area contributed by atoms with Crippen molar-refractivity contribution in [1.29, 1.82) is 0 Å². The number of amides is 1. The summed E-state index contributed by atoms with van der Waals surface area (Å²) in [6, 6.07) is 15.5. The maximum absolute atomic E-state index is 12.2. The average molecular weight is 428 g/mol. The number of carbonyl (C=O) groups excluding carboxylic acids is 1. The molecule has 1 amide bonds. The van der Waals surface area contributed by atoms with Crippen molar-refractivity contribution in [2.45, 2.75) is 25.7 Å². The minimum Gasteiger partial charge on any atom is -0.368 e. The van der Waals surface area contributed by atoms with Crippen molar-refractivity contribution < 1.29 is 4.79 Å². The van der Waals surface area contributed by atoms with Gasteiger partial charge in [0.1, 0.15) is 0 Å². The SMILES string of the molecule is Nc1nc(Nc2ccc(CCC(=O)N3CCCC3)cc2)nn1-c1cnc2ccccc2n1. The van der Waals surface area contributed by atoms with Gasteiger partial charge in [0.15, 0.2) is 5.82 Å². The van der Waals surface area contributed by atoms with E-state index >= 15 is 0 Å². The predicted molar refractivity (Wildman–Crippen MR) is 123 cm³/mol. The Bertz CT molecular complexity index is 1240. The summed E-state index contributed by atoms with van der Waals surface area (Å²) >= 11 is 0. The molecule has 0 unspecified atom stereocenters. The van der Waals surface area contributed by atoms with Crippen molar-refractivity contribution >= 4 is 34.5 Å². The van der Waals surface area contributed by atoms with Crippen molar-refractivity contribution in [3.63, 3.8) is 0 Å². The van der Waals surface area contributed by atoms with Crippen LogP contribution >= 0.6 is 0 Å². The molecule has 1 aliphatic rings. The monoisotopic (exact) mass is 428 g/mol. The van der Waals surface area contributed by atoms with Gasteiger partial charge in [-0.3, -0.25) is 9.78 Å². The predicted octanol–water partition coefficient (Wildman–Crippen LogP) is 3.09. The van der Waals surface area contributed by atoms with Crippen LogP contribution in [0.4, 0.5) is 17.6 Å². The second-order valence-corrected chi connectivity index (χ2v) is 7.83. The number of carbonyl (C=O) groups is 1. The number of benzene rings is 2. The fourth-order valence-electron chi connectivity index (χ4n) is 3.85. The quantitative estimate of drug-likeness (QED) is 0.485. The number of aryl methyl sites for hydroxylation is 1. The number of aromatic nitrogens is 5. The van der Waals surface area contributed by atoms with Gasteiger partial charge in [0.2, 0.25) is 17.8 Å². The molecule has 1 fully saturated rings. The molecule has 4 aromatic rings. The number of nitrogens with zero attached hydrogens (tertiary/aromatic N) is 6. The molecular formula is C23H24N8O. The second-order valence-electron chi connectivity index (χ2n) is 7.83. The topological polar surface area (TPSA) is 115 Å². The zero-order valence-corrected chi connectivity index (χ0v) is 17.6. The molecule has 32 heavy (non-hydrogen) atoms. The molecule has 5 rings (SSSR count). The fraction of sp³-hybridized carbons (Fsp3) is 0.261. The van der Waals surface area contributed by atoms with Gasteiger partial charge < -0.3 is 16.0 Å². The number of nitrogens with two attached hydrogens (primary N) is 1. The number of nitrogens with one attached hydrogen (secondary N) is 1. The molecule has 0 atom stereocenters. The van der Waals surface area contributed by atoms with E-state index < -0.39 is 0 Å². The number of fused-ring (bicyclic) bond motifs is 1. The summed E-state index contributed by atoms with van der Waals surface area (Å²) in [5, 5.41) is 7.59. The third-order valence-electron chi connectivity index (χ3n) is 5.58. The number of para-hydroxylation sites is 2. The van der Waals surface area contributed by atoms with E-state index in [1.165, 1.54) is 4.68 Å². The lowest BCUT2D eigenvalue weighted by molar-refractivity contribution is -0.130. The van der Waals surface area contributed by atoms with Gasteiger partial charge in [0, 0.05) is 25.2 Å². The maximum Gasteiger partial charge on any atom is 0.248 e. The van der Waals surface area contributed by atoms with Gasteiger partial charge in [-0.05, 0) is 49.1 Å². The lowest BCUT2D eigenvalue weighted by Crippen LogP contribution is -2.27. The Morgan fingerprint density at radius 3 is 2.53 bits per heavy atom. The number of anilines is 3. The third kappa shape index (κ3) is 4.22. The van der Waals surface area contributed by atoms with E-state index in [-0.39, 0.29) is 11.9 Å². The number of hydrogen-bond donors (Lipinski definition) is 2. The number of nitrogen functional groups attached to an aromatic ring is 1. The van der Waals surface area contributed by atoms with Gasteiger partial charge in [-0.15, -0.1) is 5.10 Å². The molecule has 3 heterocycles. The van der Waals surface area contributed by atoms with Crippen LogP contribution in [-0.2, 0) is 11.2 Å². The highest BCUT2D eigenvalue weighted by Gasteiger charge is 2.17. The van der Waals surface area contributed by atoms with Crippen LogP contribution in [0.25, 0.3) is 16.9 Å². The van der Waals surface area contributed by atoms with Crippen molar-refractivity contribution in [2.24, 2.45) is 0 Å². The summed E-state index contributed by atoms with van der Waals surface area (Å²) in [6.07, 6.45) is 5.13. The lowest BCUT2D eigenvalue weighted by Gasteiger charge is -2.14. The Kier molecular flexibility index (Phi) is 5.37. The van der Waals surface area contributed by atoms with E-state index in [9.17, 15) is 4.79 Å². The highest BCUT2D eigenvalue weighted by atomic mass is 16.2. The van der Waals surface area contributed by atoms with Gasteiger partial charge in [-0.1, -0.05) is 24.3 Å². The summed E-state index contributed by atoms with van der Waals surface area (Å²) in [7, 11) is 0. The average Bonchev–Trinajstić information content (AvgIpc) is 3.48. The number of hydrogen-bond acceptors (Lipinski definition) is 7. The van der Waals surface area contributed by atoms with Crippen LogP contribution in [0.1, 0.15) is 24.8 Å². The Morgan fingerprint density at radius 2 is 1.75 bits per heavy atom. The smallest absolute Gasteiger partial charge is 0.248 e. The fourth-order valence-corrected chi connectivity index (χ4v) is 3.85. The van der Waals surface area contributed by atoms with Crippen molar-refractivity contribution in [3.05, 3.63) is 60.3 Å². The molecule has 0 radical (unpaired) electrons. The first-order valence-electron chi connectivity index (χ1n) is 10.7. The Hall–Kier alpha value is -4.01. The maximum atomic E-state index is 12.2. The highest BCUT2D eigenvalue weighted by Crippen LogP contribution is 2.19. The molecule has 9 heteroatoms. The van der Waals surface area contributed by atoms with Crippen LogP contribution < -0.4 is 11.1 Å². The summed E-state index contributed by atoms with van der Waals surface area (Å²) in [5.41, 5.74) is 9.57. The van der Waals surface area contributed by atoms with Gasteiger partial charge in [-0.25, -0.2) is 4.98 Å². The number of likely N-dealkylation sites (tertiary alicyclic amines) is 1. The van der Waals surface area contributed by atoms with Crippen molar-refractivity contribution in [3.8, 4) is 5.82 Å². The minimum absolute atomic E-state index is 0.217. The van der Waals surface area contributed by atoms with Crippen LogP contribution in [0.5, 0.6) is 0 Å². The van der Waals surface area contributed by atoms with Crippen LogP contribution in [0.3, 0.4) is 0 Å². The normalized spacial score (nSPS) is 13.6. The Labute approximate surface area is 185 Å². The Morgan fingerprint density at radius 1 is 1.00 bits per heavy atom. The molecular weight excluding hydrogens is 404 g/mol. The molecule has 2 aromatic carbocycles. The molecule has 0 aliphatic carbocycles. The molecule has 1 saturated heterocycles. The molecule has 0 spiro atoms. The molecule has 3 N–H and O–H groups in total. The molecule has 0 saturated carbocycles. The molecule has 1 aliphatic heterocycles. The van der Waals surface area contributed by atoms with Gasteiger partial charge >= 0.3 is 0 Å². The zero-order chi connectivity index (χ0) is 21.9.